The van der Waals surface area contributed by atoms with Gasteiger partial charge in [-0.1, -0.05) is 0 Å². The molecule has 4 aliphatic heterocycles. The molecule has 0 unspecified atom stereocenters. The van der Waals surface area contributed by atoms with Crippen LogP contribution >= 0.6 is 0 Å². The number of hydrogen-bond donors (Lipinski definition) is 14. The van der Waals surface area contributed by atoms with E-state index in [1.54, 1.807) is 0 Å². The summed E-state index contributed by atoms with van der Waals surface area (Å²) in [6.45, 7) is -1.81. The second-order valence-electron chi connectivity index (χ2n) is 11.2. The van der Waals surface area contributed by atoms with Crippen molar-refractivity contribution in [2.45, 2.75) is 123 Å². The highest BCUT2D eigenvalue weighted by Crippen LogP contribution is 2.34. The van der Waals surface area contributed by atoms with Crippen molar-refractivity contribution in [3.05, 3.63) is 0 Å². The van der Waals surface area contributed by atoms with Crippen LogP contribution in [-0.2, 0) is 42.7 Å². The Balaban J connectivity index is 1.54. The zero-order chi connectivity index (χ0) is 35.1. The Hall–Kier alpha value is -1.82. The van der Waals surface area contributed by atoms with E-state index >= 15 is 0 Å². The van der Waals surface area contributed by atoms with Crippen LogP contribution in [0.2, 0.25) is 0 Å². The van der Waals surface area contributed by atoms with Gasteiger partial charge in [-0.3, -0.25) is 0 Å². The number of aliphatic hydroxyl groups is 12. The van der Waals surface area contributed by atoms with Crippen LogP contribution in [0.15, 0.2) is 0 Å². The van der Waals surface area contributed by atoms with Crippen molar-refractivity contribution in [3.63, 3.8) is 0 Å². The summed E-state index contributed by atoms with van der Waals surface area (Å²) in [6.07, 6.45) is -41.2. The first-order valence-corrected chi connectivity index (χ1v) is 14.1. The van der Waals surface area contributed by atoms with Crippen LogP contribution in [0, 0.1) is 0 Å². The lowest BCUT2D eigenvalue weighted by atomic mass is 9.95. The molecular formula is C24H38O23. The van der Waals surface area contributed by atoms with Crippen molar-refractivity contribution < 1.29 is 114 Å². The lowest BCUT2D eigenvalue weighted by molar-refractivity contribution is -0.382. The average Bonchev–Trinajstić information content (AvgIpc) is 3.03. The molecule has 4 rings (SSSR count). The van der Waals surface area contributed by atoms with Crippen molar-refractivity contribution in [1.82, 2.24) is 0 Å². The summed E-state index contributed by atoms with van der Waals surface area (Å²) in [5.74, 6) is -3.73. The fourth-order valence-electron chi connectivity index (χ4n) is 5.49. The van der Waals surface area contributed by atoms with Crippen LogP contribution in [0.4, 0.5) is 0 Å². The van der Waals surface area contributed by atoms with Crippen molar-refractivity contribution in [3.8, 4) is 0 Å². The summed E-state index contributed by atoms with van der Waals surface area (Å²) in [5.41, 5.74) is 0. The molecule has 4 saturated heterocycles. The predicted molar refractivity (Wildman–Crippen MR) is 135 cm³/mol. The minimum atomic E-state index is -2.31. The maximum Gasteiger partial charge on any atom is 0.335 e. The number of aliphatic carboxylic acids is 2. The second kappa shape index (κ2) is 15.4. The number of ether oxygens (including phenoxy) is 7. The lowest BCUT2D eigenvalue weighted by Crippen LogP contribution is -2.68. The van der Waals surface area contributed by atoms with Gasteiger partial charge in [0.25, 0.3) is 0 Å². The quantitative estimate of drug-likeness (QED) is 0.101. The molecule has 20 atom stereocenters. The van der Waals surface area contributed by atoms with E-state index in [0.717, 1.165) is 0 Å². The van der Waals surface area contributed by atoms with Gasteiger partial charge in [0.15, 0.2) is 37.4 Å². The highest BCUT2D eigenvalue weighted by molar-refractivity contribution is 5.74. The monoisotopic (exact) mass is 694 g/mol. The Morgan fingerprint density at radius 3 is 1.49 bits per heavy atom. The van der Waals surface area contributed by atoms with Gasteiger partial charge >= 0.3 is 11.9 Å². The van der Waals surface area contributed by atoms with Gasteiger partial charge in [-0.05, 0) is 0 Å². The SMILES string of the molecule is O=C(O)[C@H]1O[C@H](O[C@@H]2[C@H](O)[C@@H](O)[C@H](O)O[C@@H]2CO)[C@H](O)[C@@H](O[C@@H]2O[C@H](C(=O)O)[C@@H](O[C@@H]3O[C@H](CO)[C@@H](O)[C@H](O)[C@H]3O)[C@H](O)[C@H]2O)[C@H]1O. The van der Waals surface area contributed by atoms with Gasteiger partial charge in [-0.2, -0.15) is 0 Å². The van der Waals surface area contributed by atoms with Crippen molar-refractivity contribution in [2.24, 2.45) is 0 Å². The molecule has 0 radical (unpaired) electrons. The van der Waals surface area contributed by atoms with E-state index in [1.165, 1.54) is 0 Å². The number of aliphatic hydroxyl groups excluding tert-OH is 12. The van der Waals surface area contributed by atoms with E-state index in [1.807, 2.05) is 0 Å². The fraction of sp³-hybridized carbons (Fsp3) is 0.917. The van der Waals surface area contributed by atoms with Crippen LogP contribution < -0.4 is 0 Å². The first-order chi connectivity index (χ1) is 22.0. The van der Waals surface area contributed by atoms with Crippen LogP contribution in [-0.4, -0.2) is 219 Å². The normalized spacial score (nSPS) is 51.0. The number of rotatable bonds is 10. The van der Waals surface area contributed by atoms with E-state index < -0.39 is 148 Å². The molecule has 23 heteroatoms. The third kappa shape index (κ3) is 7.53. The molecule has 0 spiro atoms. The van der Waals surface area contributed by atoms with Crippen LogP contribution in [0.5, 0.6) is 0 Å². The summed E-state index contributed by atoms with van der Waals surface area (Å²) < 4.78 is 36.4. The Bertz CT molecular complexity index is 1060. The zero-order valence-corrected chi connectivity index (χ0v) is 23.9. The summed E-state index contributed by atoms with van der Waals surface area (Å²) in [4.78, 5) is 24.0. The Morgan fingerprint density at radius 1 is 0.447 bits per heavy atom. The predicted octanol–water partition coefficient (Wildman–Crippen LogP) is -9.56. The van der Waals surface area contributed by atoms with Gasteiger partial charge < -0.3 is 105 Å². The Labute approximate surface area is 262 Å². The van der Waals surface area contributed by atoms with Crippen molar-refractivity contribution >= 4 is 11.9 Å². The molecule has 14 N–H and O–H groups in total. The summed E-state index contributed by atoms with van der Waals surface area (Å²) in [7, 11) is 0. The van der Waals surface area contributed by atoms with Gasteiger partial charge in [0, 0.05) is 0 Å². The minimum Gasteiger partial charge on any atom is -0.479 e. The molecular weight excluding hydrogens is 656 g/mol. The molecule has 0 saturated carbocycles. The first kappa shape index (κ1) is 38.0. The maximum absolute atomic E-state index is 12.1. The highest BCUT2D eigenvalue weighted by Gasteiger charge is 2.57. The number of carboxylic acid groups (broad SMARTS) is 2. The number of carbonyl (C=O) groups is 2. The lowest BCUT2D eigenvalue weighted by Gasteiger charge is -2.48. The van der Waals surface area contributed by atoms with Gasteiger partial charge in [0.1, 0.15) is 85.5 Å². The molecule has 0 bridgehead atoms. The highest BCUT2D eigenvalue weighted by atomic mass is 16.8. The fourth-order valence-corrected chi connectivity index (χ4v) is 5.49. The van der Waals surface area contributed by atoms with E-state index in [-0.39, 0.29) is 0 Å². The van der Waals surface area contributed by atoms with Crippen LogP contribution in [0.25, 0.3) is 0 Å². The third-order valence-corrected chi connectivity index (χ3v) is 8.14. The average molecular weight is 695 g/mol. The Morgan fingerprint density at radius 2 is 0.915 bits per heavy atom. The van der Waals surface area contributed by atoms with E-state index in [0.29, 0.717) is 0 Å². The van der Waals surface area contributed by atoms with E-state index in [2.05, 4.69) is 0 Å². The van der Waals surface area contributed by atoms with Gasteiger partial charge in [0.2, 0.25) is 0 Å². The minimum absolute atomic E-state index is 0.886. The molecule has 272 valence electrons. The van der Waals surface area contributed by atoms with Crippen molar-refractivity contribution in [2.75, 3.05) is 13.2 Å². The molecule has 0 amide bonds. The smallest absolute Gasteiger partial charge is 0.335 e. The summed E-state index contributed by atoms with van der Waals surface area (Å²) in [5, 5.41) is 142. The molecule has 4 heterocycles. The molecule has 47 heavy (non-hydrogen) atoms. The van der Waals surface area contributed by atoms with E-state index in [4.69, 9.17) is 33.2 Å². The summed E-state index contributed by atoms with van der Waals surface area (Å²) in [6, 6.07) is 0. The Kier molecular flexibility index (Phi) is 12.4. The van der Waals surface area contributed by atoms with Gasteiger partial charge in [-0.15, -0.1) is 0 Å². The molecule has 4 fully saturated rings. The first-order valence-electron chi connectivity index (χ1n) is 14.1. The topological polar surface area (TPSA) is 382 Å². The number of carboxylic acids is 2. The van der Waals surface area contributed by atoms with Gasteiger partial charge in [-0.25, -0.2) is 9.59 Å². The van der Waals surface area contributed by atoms with Crippen LogP contribution in [0.3, 0.4) is 0 Å². The van der Waals surface area contributed by atoms with E-state index in [9.17, 15) is 81.1 Å². The zero-order valence-electron chi connectivity index (χ0n) is 23.9. The molecule has 0 aromatic heterocycles. The molecule has 0 aliphatic carbocycles. The maximum atomic E-state index is 12.1. The summed E-state index contributed by atoms with van der Waals surface area (Å²) >= 11 is 0. The van der Waals surface area contributed by atoms with Crippen LogP contribution in [0.1, 0.15) is 0 Å². The second-order valence-corrected chi connectivity index (χ2v) is 11.2. The molecule has 0 aromatic rings. The molecule has 4 aliphatic rings. The van der Waals surface area contributed by atoms with Gasteiger partial charge in [0.05, 0.1) is 13.2 Å². The standard InChI is InChI=1S/C24H38O23/c25-1-3-5(27)6(28)10(32)22(42-3)45-16-8(30)11(33)23(47-18(16)20(38)39)44-15-12(34)17(19(36)37)46-24(13(15)35)43-14-4(2-26)41-21(40)9(31)7(14)29/h3-18,21-35,40H,1-2H2,(H,36,37)(H,38,39)/t3-,4-,5-,6+,7-,8-,9-,10-,11-,12-,13-,14+,15+,16+,17+,18+,21-,22+,23-,24+/m1/s1. The van der Waals surface area contributed by atoms with Crippen molar-refractivity contribution in [1.29, 1.82) is 0 Å². The molecule has 0 aromatic carbocycles. The largest absolute Gasteiger partial charge is 0.479 e. The third-order valence-electron chi connectivity index (χ3n) is 8.14. The number of hydrogen-bond acceptors (Lipinski definition) is 21. The molecule has 23 nitrogen and oxygen atoms in total.